The van der Waals surface area contributed by atoms with E-state index < -0.39 is 0 Å². The second kappa shape index (κ2) is 37.8. The number of phenols is 12. The first kappa shape index (κ1) is 82.9. The van der Waals surface area contributed by atoms with E-state index in [0.717, 1.165) is 89.0 Å². The van der Waals surface area contributed by atoms with Gasteiger partial charge in [0.25, 0.3) is 0 Å². The smallest absolute Gasteiger partial charge is 0.118 e. The number of hydrogen-bond donors (Lipinski definition) is 12. The summed E-state index contributed by atoms with van der Waals surface area (Å²) in [6.07, 6.45) is 0. The van der Waals surface area contributed by atoms with Gasteiger partial charge in [0.1, 0.15) is 69.0 Å². The standard InChI is InChI=1S/4C15H16O2.4C8H10O/c4*1-15(2,11-3-7-13(16)8-4-11)12-5-9-14(17)10-6-12;2*1-6-3-7(2)5-8(9)4-6;2*1-6-4-3-5-8(9)7(6)2/h4*3-10,16-17H,1-2H3;4*3-5,9H,1-2H3. The Morgan fingerprint density at radius 1 is 0.173 bits per heavy atom. The number of aromatic hydroxyl groups is 12. The van der Waals surface area contributed by atoms with Gasteiger partial charge in [-0.2, -0.15) is 0 Å². The van der Waals surface area contributed by atoms with Gasteiger partial charge >= 0.3 is 0 Å². The number of aryl methyl sites for hydroxylation is 6. The highest BCUT2D eigenvalue weighted by molar-refractivity contribution is 5.47. The van der Waals surface area contributed by atoms with Crippen molar-refractivity contribution < 1.29 is 61.3 Å². The SMILES string of the molecule is CC(C)(c1ccc(O)cc1)c1ccc(O)cc1.CC(C)(c1ccc(O)cc1)c1ccc(O)cc1.CC(C)(c1ccc(O)cc1)c1ccc(O)cc1.CC(C)(c1ccc(O)cc1)c1ccc(O)cc1.Cc1cc(C)cc(O)c1.Cc1cc(C)cc(O)c1.Cc1cccc(O)c1C.Cc1cccc(O)c1C. The van der Waals surface area contributed by atoms with Crippen molar-refractivity contribution >= 4 is 0 Å². The molecule has 544 valence electrons. The predicted molar refractivity (Wildman–Crippen MR) is 424 cm³/mol. The van der Waals surface area contributed by atoms with Crippen molar-refractivity contribution in [1.82, 2.24) is 0 Å². The zero-order valence-electron chi connectivity index (χ0n) is 62.8. The highest BCUT2D eigenvalue weighted by Crippen LogP contribution is 2.37. The summed E-state index contributed by atoms with van der Waals surface area (Å²) < 4.78 is 0. The molecule has 0 saturated heterocycles. The lowest BCUT2D eigenvalue weighted by Gasteiger charge is -2.26. The van der Waals surface area contributed by atoms with Crippen LogP contribution in [0.25, 0.3) is 0 Å². The predicted octanol–water partition coefficient (Wildman–Crippen LogP) is 21.7. The molecule has 0 aliphatic carbocycles. The van der Waals surface area contributed by atoms with Crippen molar-refractivity contribution in [2.24, 2.45) is 0 Å². The van der Waals surface area contributed by atoms with Crippen molar-refractivity contribution in [2.45, 2.75) is 132 Å². The Kier molecular flexibility index (Phi) is 30.1. The summed E-state index contributed by atoms with van der Waals surface area (Å²) in [4.78, 5) is 0. The molecule has 12 heteroatoms. The highest BCUT2D eigenvalue weighted by Gasteiger charge is 2.26. The summed E-state index contributed by atoms with van der Waals surface area (Å²) in [5.41, 5.74) is 17.0. The average Bonchev–Trinajstić information content (AvgIpc) is 0.821. The Hall–Kier alpha value is -11.8. The van der Waals surface area contributed by atoms with Crippen LogP contribution in [-0.2, 0) is 21.7 Å². The maximum atomic E-state index is 9.30. The first-order valence-electron chi connectivity index (χ1n) is 34.2. The Balaban J connectivity index is 0.000000217. The van der Waals surface area contributed by atoms with Crippen molar-refractivity contribution in [3.63, 3.8) is 0 Å². The molecule has 0 aliphatic rings. The summed E-state index contributed by atoms with van der Waals surface area (Å²) in [7, 11) is 0. The molecule has 0 bridgehead atoms. The van der Waals surface area contributed by atoms with Crippen LogP contribution < -0.4 is 0 Å². The fraction of sp³-hybridized carbons (Fsp3) is 0.217. The van der Waals surface area contributed by atoms with E-state index >= 15 is 0 Å². The molecule has 12 aromatic rings. The molecule has 0 atom stereocenters. The van der Waals surface area contributed by atoms with E-state index in [4.69, 9.17) is 20.4 Å². The third kappa shape index (κ3) is 25.4. The van der Waals surface area contributed by atoms with Crippen molar-refractivity contribution in [2.75, 3.05) is 0 Å². The highest BCUT2D eigenvalue weighted by atomic mass is 16.3. The molecule has 12 aromatic carbocycles. The van der Waals surface area contributed by atoms with E-state index in [0.29, 0.717) is 23.0 Å². The van der Waals surface area contributed by atoms with Crippen molar-refractivity contribution in [1.29, 1.82) is 0 Å². The second-order valence-corrected chi connectivity index (χ2v) is 28.0. The number of benzene rings is 12. The van der Waals surface area contributed by atoms with E-state index in [2.05, 4.69) is 55.4 Å². The van der Waals surface area contributed by atoms with Gasteiger partial charge in [0.15, 0.2) is 0 Å². The van der Waals surface area contributed by atoms with Crippen LogP contribution in [0.15, 0.2) is 267 Å². The van der Waals surface area contributed by atoms with Gasteiger partial charge < -0.3 is 61.3 Å². The minimum atomic E-state index is -0.151. The van der Waals surface area contributed by atoms with Crippen LogP contribution in [0.5, 0.6) is 69.0 Å². The fourth-order valence-electron chi connectivity index (χ4n) is 11.1. The van der Waals surface area contributed by atoms with Gasteiger partial charge in [-0.25, -0.2) is 0 Å². The largest absolute Gasteiger partial charge is 0.508 e. The third-order valence-electron chi connectivity index (χ3n) is 18.3. The van der Waals surface area contributed by atoms with Crippen LogP contribution in [0.3, 0.4) is 0 Å². The van der Waals surface area contributed by atoms with Gasteiger partial charge in [0.2, 0.25) is 0 Å². The molecule has 12 N–H and O–H groups in total. The van der Waals surface area contributed by atoms with Gasteiger partial charge in [0, 0.05) is 21.7 Å². The molecule has 0 saturated carbocycles. The van der Waals surface area contributed by atoms with Crippen LogP contribution in [0.1, 0.15) is 144 Å². The lowest BCUT2D eigenvalue weighted by molar-refractivity contribution is 0.470. The van der Waals surface area contributed by atoms with Crippen LogP contribution in [0.2, 0.25) is 0 Å². The number of rotatable bonds is 8. The molecule has 0 radical (unpaired) electrons. The van der Waals surface area contributed by atoms with Gasteiger partial charge in [-0.3, -0.25) is 0 Å². The molecular weight excluding hydrogens is 1300 g/mol. The molecule has 104 heavy (non-hydrogen) atoms. The van der Waals surface area contributed by atoms with Gasteiger partial charge in [0.05, 0.1) is 0 Å². The Morgan fingerprint density at radius 2 is 0.317 bits per heavy atom. The molecule has 0 aromatic heterocycles. The quantitative estimate of drug-likeness (QED) is 0.0680. The van der Waals surface area contributed by atoms with E-state index in [1.807, 2.05) is 189 Å². The first-order valence-corrected chi connectivity index (χ1v) is 34.2. The molecule has 0 spiro atoms. The lowest BCUT2D eigenvalue weighted by atomic mass is 9.78. The molecule has 12 rings (SSSR count). The van der Waals surface area contributed by atoms with Crippen LogP contribution in [0.4, 0.5) is 0 Å². The summed E-state index contributed by atoms with van der Waals surface area (Å²) in [6, 6.07) is 79.8. The Bertz CT molecular complexity index is 3750. The zero-order chi connectivity index (χ0) is 77.3. The maximum absolute atomic E-state index is 9.30. The molecule has 0 unspecified atom stereocenters. The molecule has 0 amide bonds. The Morgan fingerprint density at radius 3 is 0.433 bits per heavy atom. The summed E-state index contributed by atoms with van der Waals surface area (Å²) in [6.45, 7) is 32.6. The van der Waals surface area contributed by atoms with E-state index in [1.165, 1.54) is 0 Å². The minimum absolute atomic E-state index is 0.151. The van der Waals surface area contributed by atoms with E-state index in [-0.39, 0.29) is 67.7 Å². The van der Waals surface area contributed by atoms with E-state index in [9.17, 15) is 40.9 Å². The summed E-state index contributed by atoms with van der Waals surface area (Å²) in [5, 5.41) is 111. The van der Waals surface area contributed by atoms with Crippen molar-refractivity contribution in [3.8, 4) is 69.0 Å². The zero-order valence-corrected chi connectivity index (χ0v) is 62.8. The third-order valence-corrected chi connectivity index (χ3v) is 18.3. The monoisotopic (exact) mass is 1400 g/mol. The topological polar surface area (TPSA) is 243 Å². The lowest BCUT2D eigenvalue weighted by Crippen LogP contribution is -2.18. The van der Waals surface area contributed by atoms with Crippen LogP contribution >= 0.6 is 0 Å². The summed E-state index contributed by atoms with van der Waals surface area (Å²) >= 11 is 0. The maximum Gasteiger partial charge on any atom is 0.118 e. The fourth-order valence-corrected chi connectivity index (χ4v) is 11.1. The summed E-state index contributed by atoms with van der Waals surface area (Å²) in [5.74, 6) is 3.66. The average molecular weight is 1400 g/mol. The molecule has 0 fully saturated rings. The normalized spacial score (nSPS) is 10.8. The second-order valence-electron chi connectivity index (χ2n) is 28.0. The van der Waals surface area contributed by atoms with E-state index in [1.54, 1.807) is 133 Å². The minimum Gasteiger partial charge on any atom is -0.508 e. The molecule has 0 heterocycles. The van der Waals surface area contributed by atoms with Crippen LogP contribution in [0, 0.1) is 55.4 Å². The molecule has 0 aliphatic heterocycles. The molecule has 12 nitrogen and oxygen atoms in total. The van der Waals surface area contributed by atoms with Gasteiger partial charge in [-0.05, 0) is 278 Å². The van der Waals surface area contributed by atoms with Crippen LogP contribution in [-0.4, -0.2) is 61.3 Å². The van der Waals surface area contributed by atoms with Gasteiger partial charge in [-0.1, -0.05) is 189 Å². The first-order chi connectivity index (χ1) is 48.8. The Labute approximate surface area is 615 Å². The van der Waals surface area contributed by atoms with Crippen molar-refractivity contribution in [3.05, 3.63) is 356 Å². The number of phenolic OH excluding ortho intramolecular Hbond substituents is 12. The van der Waals surface area contributed by atoms with Gasteiger partial charge in [-0.15, -0.1) is 0 Å². The number of hydrogen-bond acceptors (Lipinski definition) is 12. The molecular formula is C92H104O12.